The SMILES string of the molecule is Cc1c(C(=O)OC2CCCCC2)sc2nc3n(c(=O)c12)CCCCC3. The van der Waals surface area contributed by atoms with E-state index in [4.69, 9.17) is 9.72 Å². The third-order valence-corrected chi connectivity index (χ3v) is 6.59. The lowest BCUT2D eigenvalue weighted by molar-refractivity contribution is 0.0216. The summed E-state index contributed by atoms with van der Waals surface area (Å²) >= 11 is 1.32. The van der Waals surface area contributed by atoms with E-state index in [2.05, 4.69) is 0 Å². The van der Waals surface area contributed by atoms with Crippen LogP contribution in [0.4, 0.5) is 0 Å². The Kier molecular flexibility index (Phi) is 4.63. The van der Waals surface area contributed by atoms with Crippen LogP contribution in [0.15, 0.2) is 4.79 Å². The molecule has 2 aliphatic rings. The minimum absolute atomic E-state index is 0.00682. The molecule has 25 heavy (non-hydrogen) atoms. The highest BCUT2D eigenvalue weighted by atomic mass is 32.1. The van der Waals surface area contributed by atoms with Gasteiger partial charge in [-0.2, -0.15) is 0 Å². The Morgan fingerprint density at radius 3 is 2.72 bits per heavy atom. The predicted octanol–water partition coefficient (Wildman–Crippen LogP) is 3.98. The monoisotopic (exact) mass is 360 g/mol. The number of fused-ring (bicyclic) bond motifs is 2. The second-order valence-corrected chi connectivity index (χ2v) is 8.20. The van der Waals surface area contributed by atoms with Crippen molar-refractivity contribution in [3.63, 3.8) is 0 Å². The number of carbonyl (C=O) groups excluding carboxylic acids is 1. The molecule has 4 rings (SSSR count). The standard InChI is InChI=1S/C19H24N2O3S/c1-12-15-17(20-14-10-6-3-7-11-21(14)18(15)22)25-16(12)19(23)24-13-8-4-2-5-9-13/h13H,2-11H2,1H3. The first-order valence-electron chi connectivity index (χ1n) is 9.39. The molecule has 0 atom stereocenters. The van der Waals surface area contributed by atoms with E-state index in [1.165, 1.54) is 17.8 Å². The number of nitrogens with zero attached hydrogens (tertiary/aromatic N) is 2. The average molecular weight is 360 g/mol. The minimum atomic E-state index is -0.285. The number of hydrogen-bond donors (Lipinski definition) is 0. The molecule has 2 aromatic heterocycles. The summed E-state index contributed by atoms with van der Waals surface area (Å²) in [5.74, 6) is 0.579. The van der Waals surface area contributed by atoms with Crippen LogP contribution in [0.2, 0.25) is 0 Å². The Balaban J connectivity index is 1.71. The van der Waals surface area contributed by atoms with Gasteiger partial charge >= 0.3 is 5.97 Å². The van der Waals surface area contributed by atoms with Crippen molar-refractivity contribution in [2.75, 3.05) is 0 Å². The highest BCUT2D eigenvalue weighted by Crippen LogP contribution is 2.30. The van der Waals surface area contributed by atoms with E-state index in [-0.39, 0.29) is 17.6 Å². The van der Waals surface area contributed by atoms with E-state index in [9.17, 15) is 9.59 Å². The molecule has 6 heteroatoms. The first kappa shape index (κ1) is 16.8. The predicted molar refractivity (Wildman–Crippen MR) is 98.5 cm³/mol. The molecule has 134 valence electrons. The molecule has 0 saturated heterocycles. The van der Waals surface area contributed by atoms with E-state index in [1.54, 1.807) is 0 Å². The normalized spacial score (nSPS) is 18.8. The minimum Gasteiger partial charge on any atom is -0.458 e. The summed E-state index contributed by atoms with van der Waals surface area (Å²) in [6, 6.07) is 0. The van der Waals surface area contributed by atoms with Crippen LogP contribution < -0.4 is 5.56 Å². The zero-order valence-corrected chi connectivity index (χ0v) is 15.5. The smallest absolute Gasteiger partial charge is 0.348 e. The van der Waals surface area contributed by atoms with Crippen molar-refractivity contribution in [3.05, 3.63) is 26.6 Å². The van der Waals surface area contributed by atoms with Crippen molar-refractivity contribution in [3.8, 4) is 0 Å². The largest absolute Gasteiger partial charge is 0.458 e. The molecule has 0 radical (unpaired) electrons. The molecule has 1 saturated carbocycles. The summed E-state index contributed by atoms with van der Waals surface area (Å²) in [7, 11) is 0. The number of thiophene rings is 1. The Hall–Kier alpha value is -1.69. The second-order valence-electron chi connectivity index (χ2n) is 7.20. The molecule has 1 fully saturated rings. The quantitative estimate of drug-likeness (QED) is 0.760. The van der Waals surface area contributed by atoms with Crippen molar-refractivity contribution in [2.45, 2.75) is 77.4 Å². The topological polar surface area (TPSA) is 61.2 Å². The lowest BCUT2D eigenvalue weighted by Gasteiger charge is -2.21. The number of rotatable bonds is 2. The first-order chi connectivity index (χ1) is 12.1. The zero-order valence-electron chi connectivity index (χ0n) is 14.7. The molecule has 1 aliphatic carbocycles. The van der Waals surface area contributed by atoms with E-state index >= 15 is 0 Å². The molecule has 2 aromatic rings. The molecule has 0 bridgehead atoms. The van der Waals surface area contributed by atoms with Gasteiger partial charge in [-0.15, -0.1) is 11.3 Å². The van der Waals surface area contributed by atoms with Gasteiger partial charge in [0.1, 0.15) is 21.6 Å². The summed E-state index contributed by atoms with van der Waals surface area (Å²) < 4.78 is 7.52. The van der Waals surface area contributed by atoms with E-state index in [0.29, 0.717) is 15.1 Å². The van der Waals surface area contributed by atoms with Gasteiger partial charge in [0.05, 0.1) is 5.39 Å². The highest BCUT2D eigenvalue weighted by Gasteiger charge is 2.25. The van der Waals surface area contributed by atoms with Crippen molar-refractivity contribution >= 4 is 27.5 Å². The number of hydrogen-bond acceptors (Lipinski definition) is 5. The summed E-state index contributed by atoms with van der Waals surface area (Å²) in [5, 5.41) is 0.603. The molecule has 0 unspecified atom stereocenters. The summed E-state index contributed by atoms with van der Waals surface area (Å²) in [5.41, 5.74) is 0.741. The molecule has 5 nitrogen and oxygen atoms in total. The lowest BCUT2D eigenvalue weighted by atomic mass is 9.98. The molecule has 0 amide bonds. The van der Waals surface area contributed by atoms with E-state index in [1.807, 2.05) is 11.5 Å². The number of carbonyl (C=O) groups is 1. The van der Waals surface area contributed by atoms with Gasteiger partial charge < -0.3 is 4.74 Å². The number of esters is 1. The van der Waals surface area contributed by atoms with E-state index in [0.717, 1.165) is 69.3 Å². The van der Waals surface area contributed by atoms with Gasteiger partial charge in [0.25, 0.3) is 5.56 Å². The van der Waals surface area contributed by atoms with Gasteiger partial charge in [-0.05, 0) is 51.0 Å². The summed E-state index contributed by atoms with van der Waals surface area (Å²) in [6.07, 6.45) is 9.45. The van der Waals surface area contributed by atoms with Crippen LogP contribution in [0.3, 0.4) is 0 Å². The number of ether oxygens (including phenoxy) is 1. The molecule has 0 spiro atoms. The van der Waals surface area contributed by atoms with E-state index < -0.39 is 0 Å². The Morgan fingerprint density at radius 2 is 1.92 bits per heavy atom. The zero-order chi connectivity index (χ0) is 17.4. The van der Waals surface area contributed by atoms with Crippen molar-refractivity contribution in [1.29, 1.82) is 0 Å². The molecule has 0 aromatic carbocycles. The Labute approximate surface area is 151 Å². The van der Waals surface area contributed by atoms with Gasteiger partial charge in [0.15, 0.2) is 0 Å². The fourth-order valence-electron chi connectivity index (χ4n) is 3.99. The second kappa shape index (κ2) is 6.90. The highest BCUT2D eigenvalue weighted by molar-refractivity contribution is 7.20. The maximum absolute atomic E-state index is 13.0. The fourth-order valence-corrected chi connectivity index (χ4v) is 5.07. The molecular formula is C19H24N2O3S. The van der Waals surface area contributed by atoms with Gasteiger partial charge in [-0.3, -0.25) is 9.36 Å². The van der Waals surface area contributed by atoms with Crippen molar-refractivity contribution in [1.82, 2.24) is 9.55 Å². The Morgan fingerprint density at radius 1 is 1.16 bits per heavy atom. The van der Waals surface area contributed by atoms with Crippen LogP contribution in [-0.2, 0) is 17.7 Å². The maximum atomic E-state index is 13.0. The number of aryl methyl sites for hydroxylation is 2. The number of aromatic nitrogens is 2. The summed E-state index contributed by atoms with van der Waals surface area (Å²) in [4.78, 5) is 31.5. The average Bonchev–Trinajstić information content (AvgIpc) is 2.79. The van der Waals surface area contributed by atoms with Crippen molar-refractivity contribution in [2.24, 2.45) is 0 Å². The van der Waals surface area contributed by atoms with Gasteiger partial charge in [-0.25, -0.2) is 9.78 Å². The first-order valence-corrected chi connectivity index (χ1v) is 10.2. The maximum Gasteiger partial charge on any atom is 0.348 e. The molecular weight excluding hydrogens is 336 g/mol. The van der Waals surface area contributed by atoms with Crippen LogP contribution in [0.5, 0.6) is 0 Å². The van der Waals surface area contributed by atoms with Gasteiger partial charge in [0.2, 0.25) is 0 Å². The molecule has 3 heterocycles. The third-order valence-electron chi connectivity index (χ3n) is 5.42. The van der Waals surface area contributed by atoms with Crippen LogP contribution in [0.1, 0.15) is 72.4 Å². The molecule has 0 N–H and O–H groups in total. The third kappa shape index (κ3) is 3.12. The van der Waals surface area contributed by atoms with Crippen LogP contribution in [0, 0.1) is 6.92 Å². The summed E-state index contributed by atoms with van der Waals surface area (Å²) in [6.45, 7) is 2.58. The van der Waals surface area contributed by atoms with Crippen molar-refractivity contribution < 1.29 is 9.53 Å². The van der Waals surface area contributed by atoms with Crippen LogP contribution >= 0.6 is 11.3 Å². The Bertz CT molecular complexity index is 862. The fraction of sp³-hybridized carbons (Fsp3) is 0.632. The van der Waals surface area contributed by atoms with Gasteiger partial charge in [-0.1, -0.05) is 12.8 Å². The molecule has 1 aliphatic heterocycles. The van der Waals surface area contributed by atoms with Gasteiger partial charge in [0, 0.05) is 13.0 Å². The lowest BCUT2D eigenvalue weighted by Crippen LogP contribution is -2.24. The van der Waals surface area contributed by atoms with Crippen LogP contribution in [-0.4, -0.2) is 21.6 Å². The van der Waals surface area contributed by atoms with Crippen LogP contribution in [0.25, 0.3) is 10.2 Å².